The smallest absolute Gasteiger partial charge is 0.180 e. The Morgan fingerprint density at radius 2 is 2.00 bits per heavy atom. The fraction of sp³-hybridized carbons (Fsp3) is 0.429. The lowest BCUT2D eigenvalue weighted by atomic mass is 9.82. The molecule has 1 fully saturated rings. The number of hydrazine groups is 1. The molecule has 4 nitrogen and oxygen atoms in total. The molecular weight excluding hydrogens is 348 g/mol. The minimum absolute atomic E-state index is 0.0891. The van der Waals surface area contributed by atoms with Crippen molar-refractivity contribution in [1.29, 1.82) is 0 Å². The highest BCUT2D eigenvalue weighted by Crippen LogP contribution is 2.50. The van der Waals surface area contributed by atoms with Crippen LogP contribution < -0.4 is 10.2 Å². The molecule has 2 aromatic rings. The predicted octanol–water partition coefficient (Wildman–Crippen LogP) is 5.44. The highest BCUT2D eigenvalue weighted by Gasteiger charge is 2.51. The third-order valence-electron chi connectivity index (χ3n) is 5.93. The van der Waals surface area contributed by atoms with E-state index >= 15 is 0 Å². The van der Waals surface area contributed by atoms with E-state index in [9.17, 15) is 0 Å². The van der Waals surface area contributed by atoms with Gasteiger partial charge in [-0.25, -0.2) is 0 Å². The second-order valence-electron chi connectivity index (χ2n) is 7.83. The first-order chi connectivity index (χ1) is 12.5. The molecule has 2 aliphatic heterocycles. The van der Waals surface area contributed by atoms with Crippen LogP contribution in [0.4, 0.5) is 0 Å². The molecule has 3 aliphatic rings. The fourth-order valence-corrected chi connectivity index (χ4v) is 4.60. The van der Waals surface area contributed by atoms with Crippen LogP contribution in [0.3, 0.4) is 0 Å². The molecule has 3 heterocycles. The summed E-state index contributed by atoms with van der Waals surface area (Å²) in [6, 6.07) is 10.0. The first-order valence-corrected chi connectivity index (χ1v) is 9.75. The van der Waals surface area contributed by atoms with Gasteiger partial charge < -0.3 is 14.6 Å². The Morgan fingerprint density at radius 1 is 1.19 bits per heavy atom. The minimum Gasteiger partial charge on any atom is -0.471 e. The van der Waals surface area contributed by atoms with E-state index in [2.05, 4.69) is 23.4 Å². The van der Waals surface area contributed by atoms with Crippen LogP contribution in [0.5, 0.6) is 5.75 Å². The molecule has 1 saturated carbocycles. The number of nitrogens with one attached hydrogen (secondary N) is 1. The minimum atomic E-state index is -0.322. The summed E-state index contributed by atoms with van der Waals surface area (Å²) in [5, 5.41) is 3.02. The summed E-state index contributed by atoms with van der Waals surface area (Å²) in [7, 11) is 0. The van der Waals surface area contributed by atoms with Crippen molar-refractivity contribution in [2.24, 2.45) is 5.92 Å². The van der Waals surface area contributed by atoms with Crippen molar-refractivity contribution in [1.82, 2.24) is 10.4 Å². The maximum atomic E-state index is 6.61. The Kier molecular flexibility index (Phi) is 3.63. The monoisotopic (exact) mass is 370 g/mol. The van der Waals surface area contributed by atoms with E-state index in [-0.39, 0.29) is 11.8 Å². The summed E-state index contributed by atoms with van der Waals surface area (Å²) in [6.45, 7) is 4.29. The number of ether oxygens (including phenoxy) is 1. The molecule has 1 spiro atoms. The van der Waals surface area contributed by atoms with Crippen molar-refractivity contribution in [2.45, 2.75) is 51.3 Å². The number of furan rings is 1. The first-order valence-electron chi connectivity index (χ1n) is 9.37. The Labute approximate surface area is 158 Å². The quantitative estimate of drug-likeness (QED) is 0.725. The van der Waals surface area contributed by atoms with Crippen LogP contribution in [0.25, 0.3) is 5.70 Å². The van der Waals surface area contributed by atoms with Gasteiger partial charge in [0.2, 0.25) is 0 Å². The van der Waals surface area contributed by atoms with Gasteiger partial charge in [0.1, 0.15) is 11.5 Å². The summed E-state index contributed by atoms with van der Waals surface area (Å²) >= 11 is 6.29. The van der Waals surface area contributed by atoms with Crippen LogP contribution in [-0.2, 0) is 0 Å². The van der Waals surface area contributed by atoms with Crippen molar-refractivity contribution in [3.05, 3.63) is 58.5 Å². The molecule has 1 unspecified atom stereocenters. The van der Waals surface area contributed by atoms with E-state index < -0.39 is 0 Å². The normalized spacial score (nSPS) is 30.3. The van der Waals surface area contributed by atoms with E-state index in [0.29, 0.717) is 0 Å². The Balaban J connectivity index is 1.59. The molecule has 5 rings (SSSR count). The van der Waals surface area contributed by atoms with Crippen molar-refractivity contribution in [3.8, 4) is 5.75 Å². The average Bonchev–Trinajstić information content (AvgIpc) is 3.25. The number of hydrogen-bond donors (Lipinski definition) is 1. The van der Waals surface area contributed by atoms with Crippen LogP contribution in [0.15, 0.2) is 40.8 Å². The summed E-state index contributed by atoms with van der Waals surface area (Å²) in [4.78, 5) is 0. The second kappa shape index (κ2) is 5.80. The lowest BCUT2D eigenvalue weighted by Crippen LogP contribution is -2.60. The van der Waals surface area contributed by atoms with Gasteiger partial charge in [-0.05, 0) is 62.1 Å². The highest BCUT2D eigenvalue weighted by atomic mass is 35.5. The van der Waals surface area contributed by atoms with Gasteiger partial charge in [-0.2, -0.15) is 5.01 Å². The third kappa shape index (κ3) is 2.47. The van der Waals surface area contributed by atoms with Gasteiger partial charge in [0.15, 0.2) is 11.5 Å². The van der Waals surface area contributed by atoms with E-state index in [1.165, 1.54) is 12.8 Å². The van der Waals surface area contributed by atoms with Crippen molar-refractivity contribution in [2.75, 3.05) is 0 Å². The lowest BCUT2D eigenvalue weighted by molar-refractivity contribution is -0.155. The van der Waals surface area contributed by atoms with E-state index in [1.807, 2.05) is 37.3 Å². The van der Waals surface area contributed by atoms with Crippen LogP contribution in [-0.4, -0.2) is 10.7 Å². The zero-order chi connectivity index (χ0) is 17.9. The Hall–Kier alpha value is -1.91. The highest BCUT2D eigenvalue weighted by molar-refractivity contribution is 6.30. The molecule has 1 N–H and O–H groups in total. The first kappa shape index (κ1) is 16.3. The predicted molar refractivity (Wildman–Crippen MR) is 102 cm³/mol. The molecule has 1 aromatic carbocycles. The Bertz CT molecular complexity index is 880. The largest absolute Gasteiger partial charge is 0.471 e. The summed E-state index contributed by atoms with van der Waals surface area (Å²) < 4.78 is 12.5. The topological polar surface area (TPSA) is 37.6 Å². The molecule has 1 aromatic heterocycles. The van der Waals surface area contributed by atoms with Crippen molar-refractivity contribution >= 4 is 17.3 Å². The fourth-order valence-electron chi connectivity index (χ4n) is 4.42. The summed E-state index contributed by atoms with van der Waals surface area (Å²) in [5.74, 6) is 3.46. The molecule has 0 saturated heterocycles. The van der Waals surface area contributed by atoms with Crippen molar-refractivity contribution < 1.29 is 9.15 Å². The molecular formula is C21H23ClN2O2. The molecule has 0 amide bonds. The molecule has 26 heavy (non-hydrogen) atoms. The van der Waals surface area contributed by atoms with Gasteiger partial charge in [0, 0.05) is 23.4 Å². The molecule has 0 bridgehead atoms. The number of hydrogen-bond acceptors (Lipinski definition) is 4. The van der Waals surface area contributed by atoms with Crippen LogP contribution in [0.2, 0.25) is 5.02 Å². The lowest BCUT2D eigenvalue weighted by Gasteiger charge is -2.51. The van der Waals surface area contributed by atoms with E-state index in [0.717, 1.165) is 52.3 Å². The van der Waals surface area contributed by atoms with Crippen LogP contribution >= 0.6 is 11.6 Å². The second-order valence-corrected chi connectivity index (χ2v) is 8.27. The zero-order valence-electron chi connectivity index (χ0n) is 15.1. The van der Waals surface area contributed by atoms with Crippen molar-refractivity contribution in [3.63, 3.8) is 0 Å². The molecule has 5 heteroatoms. The summed E-state index contributed by atoms with van der Waals surface area (Å²) in [6.07, 6.45) is 6.60. The number of aryl methyl sites for hydroxylation is 1. The number of halogens is 1. The standard InChI is InChI=1S/C21H23ClN2O2/c1-13-7-9-21(10-8-13)24-18(16-11-15(22)4-6-19(16)26-21)12-17(23-24)20-5-3-14(2)25-20/h3-6,11-13,18,23H,7-10H2,1-2H3. The van der Waals surface area contributed by atoms with Gasteiger partial charge in [0.25, 0.3) is 0 Å². The number of fused-ring (bicyclic) bond motifs is 4. The van der Waals surface area contributed by atoms with E-state index in [4.69, 9.17) is 20.8 Å². The van der Waals surface area contributed by atoms with Gasteiger partial charge >= 0.3 is 0 Å². The molecule has 1 aliphatic carbocycles. The van der Waals surface area contributed by atoms with Gasteiger partial charge in [-0.15, -0.1) is 0 Å². The maximum absolute atomic E-state index is 6.61. The van der Waals surface area contributed by atoms with E-state index in [1.54, 1.807) is 0 Å². The SMILES string of the molecule is Cc1ccc(C2=CC3c4cc(Cl)ccc4OC4(CCC(C)CC4)N3N2)o1. The van der Waals surface area contributed by atoms with Crippen LogP contribution in [0, 0.1) is 12.8 Å². The summed E-state index contributed by atoms with van der Waals surface area (Å²) in [5.41, 5.74) is 5.37. The molecule has 136 valence electrons. The molecule has 1 atom stereocenters. The van der Waals surface area contributed by atoms with Crippen LogP contribution in [0.1, 0.15) is 55.7 Å². The van der Waals surface area contributed by atoms with Gasteiger partial charge in [-0.3, -0.25) is 0 Å². The third-order valence-corrected chi connectivity index (χ3v) is 6.17. The van der Waals surface area contributed by atoms with Gasteiger partial charge in [0.05, 0.1) is 11.7 Å². The number of rotatable bonds is 1. The number of nitrogens with zero attached hydrogens (tertiary/aromatic N) is 1. The molecule has 0 radical (unpaired) electrons. The maximum Gasteiger partial charge on any atom is 0.180 e. The van der Waals surface area contributed by atoms with Gasteiger partial charge in [-0.1, -0.05) is 18.5 Å². The Morgan fingerprint density at radius 3 is 2.73 bits per heavy atom. The zero-order valence-corrected chi connectivity index (χ0v) is 15.8. The number of benzene rings is 1. The average molecular weight is 371 g/mol.